The number of amides is 2. The molecule has 0 aliphatic carbocycles. The summed E-state index contributed by atoms with van der Waals surface area (Å²) in [6.07, 6.45) is -2.92. The summed E-state index contributed by atoms with van der Waals surface area (Å²) in [7, 11) is 3.21. The number of rotatable bonds is 10. The minimum atomic E-state index is -4.65. The van der Waals surface area contributed by atoms with Gasteiger partial charge in [0, 0.05) is 44.8 Å². The average molecular weight is 640 g/mol. The van der Waals surface area contributed by atoms with Crippen LogP contribution < -0.4 is 10.9 Å². The molecule has 3 aromatic rings. The van der Waals surface area contributed by atoms with E-state index in [9.17, 15) is 36.7 Å². The Morgan fingerprint density at radius 3 is 2.42 bits per heavy atom. The summed E-state index contributed by atoms with van der Waals surface area (Å²) in [6, 6.07) is 3.13. The van der Waals surface area contributed by atoms with Crippen molar-refractivity contribution in [2.24, 2.45) is 0 Å². The van der Waals surface area contributed by atoms with Gasteiger partial charge < -0.3 is 19.5 Å². The summed E-state index contributed by atoms with van der Waals surface area (Å²) in [6.45, 7) is 4.08. The van der Waals surface area contributed by atoms with Crippen molar-refractivity contribution in [1.29, 1.82) is 0 Å². The summed E-state index contributed by atoms with van der Waals surface area (Å²) in [5.74, 6) is -3.54. The van der Waals surface area contributed by atoms with Crippen LogP contribution in [0.1, 0.15) is 57.8 Å². The van der Waals surface area contributed by atoms with Crippen molar-refractivity contribution in [1.82, 2.24) is 19.0 Å². The van der Waals surface area contributed by atoms with Gasteiger partial charge in [-0.15, -0.1) is 0 Å². The molecule has 2 aromatic heterocycles. The monoisotopic (exact) mass is 639 g/mol. The van der Waals surface area contributed by atoms with Crippen molar-refractivity contribution in [3.8, 4) is 0 Å². The summed E-state index contributed by atoms with van der Waals surface area (Å²) in [4.78, 5) is 56.0. The Labute approximate surface area is 255 Å². The molecule has 0 aliphatic rings. The SMILES string of the molecule is CN(C)C(=O)/C=C/CCCC(=O)Nc1cccn(Cc2nc3c(CCC(F)(F)F)c(F)cc(F)c3n2C(=O)OC(C)(C)C)c1=O. The molecule has 15 heteroatoms. The molecular formula is C30H34F5N5O5. The van der Waals surface area contributed by atoms with Gasteiger partial charge in [-0.1, -0.05) is 6.08 Å². The molecule has 0 saturated heterocycles. The summed E-state index contributed by atoms with van der Waals surface area (Å²) in [5, 5.41) is 2.50. The standard InChI is InChI=1S/C30H34F5N5O5/c1-29(2,3)45-28(44)40-22(37-25-18(13-14-30(33,34)35)19(31)16-20(32)26(25)40)17-39-15-9-10-21(27(39)43)36-23(41)11-7-6-8-12-24(42)38(4)5/h8-10,12,15-16H,6-7,11,13-14,17H2,1-5H3,(H,36,41)/b12-8+. The molecular weight excluding hydrogens is 605 g/mol. The molecule has 45 heavy (non-hydrogen) atoms. The highest BCUT2D eigenvalue weighted by molar-refractivity contribution is 5.91. The fourth-order valence-corrected chi connectivity index (χ4v) is 4.23. The Hall–Kier alpha value is -4.56. The molecule has 0 aliphatic heterocycles. The van der Waals surface area contributed by atoms with Gasteiger partial charge in [-0.05, 0) is 58.2 Å². The summed E-state index contributed by atoms with van der Waals surface area (Å²) < 4.78 is 75.9. The number of benzene rings is 1. The fraction of sp³-hybridized carbons (Fsp3) is 0.433. The first-order valence-corrected chi connectivity index (χ1v) is 13.9. The van der Waals surface area contributed by atoms with Crippen LogP contribution >= 0.6 is 0 Å². The lowest BCUT2D eigenvalue weighted by Gasteiger charge is -2.20. The third-order valence-corrected chi connectivity index (χ3v) is 6.32. The van der Waals surface area contributed by atoms with Gasteiger partial charge in [0.2, 0.25) is 11.8 Å². The van der Waals surface area contributed by atoms with Crippen molar-refractivity contribution in [2.75, 3.05) is 19.4 Å². The van der Waals surface area contributed by atoms with Gasteiger partial charge >= 0.3 is 12.3 Å². The van der Waals surface area contributed by atoms with Gasteiger partial charge in [0.15, 0.2) is 5.82 Å². The highest BCUT2D eigenvalue weighted by Crippen LogP contribution is 2.31. The van der Waals surface area contributed by atoms with Crippen LogP contribution in [0.25, 0.3) is 11.0 Å². The van der Waals surface area contributed by atoms with Crippen LogP contribution in [0.3, 0.4) is 0 Å². The first kappa shape index (κ1) is 34.9. The number of carbonyl (C=O) groups excluding carboxylic acids is 3. The molecule has 0 saturated carbocycles. The molecule has 1 N–H and O–H groups in total. The summed E-state index contributed by atoms with van der Waals surface area (Å²) in [5.41, 5.74) is -3.60. The van der Waals surface area contributed by atoms with Crippen LogP contribution in [0, 0.1) is 11.6 Å². The molecule has 0 atom stereocenters. The van der Waals surface area contributed by atoms with Crippen LogP contribution in [0.5, 0.6) is 0 Å². The van der Waals surface area contributed by atoms with E-state index in [1.807, 2.05) is 0 Å². The molecule has 0 unspecified atom stereocenters. The smallest absolute Gasteiger partial charge is 0.420 e. The van der Waals surface area contributed by atoms with E-state index in [1.165, 1.54) is 50.1 Å². The Morgan fingerprint density at radius 1 is 1.11 bits per heavy atom. The normalized spacial score (nSPS) is 12.1. The molecule has 0 radical (unpaired) electrons. The third-order valence-electron chi connectivity index (χ3n) is 6.32. The summed E-state index contributed by atoms with van der Waals surface area (Å²) >= 11 is 0. The number of alkyl halides is 3. The predicted molar refractivity (Wildman–Crippen MR) is 156 cm³/mol. The van der Waals surface area contributed by atoms with Gasteiger partial charge in [0.1, 0.15) is 28.4 Å². The number of halogens is 5. The number of nitrogens with zero attached hydrogens (tertiary/aromatic N) is 4. The predicted octanol–water partition coefficient (Wildman–Crippen LogP) is 5.56. The zero-order valence-corrected chi connectivity index (χ0v) is 25.4. The minimum absolute atomic E-state index is 0.0365. The fourth-order valence-electron chi connectivity index (χ4n) is 4.23. The number of unbranched alkanes of at least 4 members (excludes halogenated alkanes) is 1. The van der Waals surface area contributed by atoms with Crippen LogP contribution in [-0.4, -0.2) is 62.8 Å². The number of imidazole rings is 1. The average Bonchev–Trinajstić information content (AvgIpc) is 3.28. The topological polar surface area (TPSA) is 116 Å². The van der Waals surface area contributed by atoms with E-state index < -0.39 is 77.0 Å². The number of aryl methyl sites for hydroxylation is 1. The maximum absolute atomic E-state index is 15.1. The maximum Gasteiger partial charge on any atom is 0.420 e. The number of ether oxygens (including phenoxy) is 1. The molecule has 1 aromatic carbocycles. The second-order valence-corrected chi connectivity index (χ2v) is 11.4. The molecule has 244 valence electrons. The largest absolute Gasteiger partial charge is 0.443 e. The lowest BCUT2D eigenvalue weighted by molar-refractivity contribution is -0.134. The Balaban J connectivity index is 1.95. The highest BCUT2D eigenvalue weighted by atomic mass is 19.4. The molecule has 2 amide bonds. The quantitative estimate of drug-likeness (QED) is 0.177. The first-order chi connectivity index (χ1) is 20.9. The highest BCUT2D eigenvalue weighted by Gasteiger charge is 2.31. The number of anilines is 1. The Morgan fingerprint density at radius 2 is 1.80 bits per heavy atom. The van der Waals surface area contributed by atoms with Crippen molar-refractivity contribution >= 4 is 34.6 Å². The third kappa shape index (κ3) is 9.46. The number of pyridine rings is 1. The van der Waals surface area contributed by atoms with Gasteiger partial charge in [-0.25, -0.2) is 23.1 Å². The molecule has 0 fully saturated rings. The van der Waals surface area contributed by atoms with E-state index in [0.29, 0.717) is 23.5 Å². The molecule has 0 bridgehead atoms. The Kier molecular flexibility index (Phi) is 10.9. The number of fused-ring (bicyclic) bond motifs is 1. The zero-order valence-electron chi connectivity index (χ0n) is 25.4. The molecule has 0 spiro atoms. The van der Waals surface area contributed by atoms with Crippen LogP contribution in [-0.2, 0) is 27.3 Å². The maximum atomic E-state index is 15.1. The van der Waals surface area contributed by atoms with E-state index in [1.54, 1.807) is 20.2 Å². The van der Waals surface area contributed by atoms with Crippen LogP contribution in [0.15, 0.2) is 41.3 Å². The second-order valence-electron chi connectivity index (χ2n) is 11.4. The van der Waals surface area contributed by atoms with Crippen molar-refractivity contribution in [3.05, 3.63) is 69.9 Å². The number of aromatic nitrogens is 3. The van der Waals surface area contributed by atoms with Crippen molar-refractivity contribution < 1.29 is 41.1 Å². The second kappa shape index (κ2) is 14.0. The first-order valence-electron chi connectivity index (χ1n) is 13.9. The van der Waals surface area contributed by atoms with Crippen LogP contribution in [0.4, 0.5) is 32.4 Å². The van der Waals surface area contributed by atoms with Gasteiger partial charge in [-0.3, -0.25) is 14.4 Å². The van der Waals surface area contributed by atoms with Crippen molar-refractivity contribution in [3.63, 3.8) is 0 Å². The number of hydrogen-bond donors (Lipinski definition) is 1. The minimum Gasteiger partial charge on any atom is -0.443 e. The molecule has 3 rings (SSSR count). The lowest BCUT2D eigenvalue weighted by Crippen LogP contribution is -2.30. The van der Waals surface area contributed by atoms with E-state index in [-0.39, 0.29) is 23.8 Å². The number of likely N-dealkylation sites (N-methyl/N-ethyl adjacent to an activating group) is 1. The number of hydrogen-bond acceptors (Lipinski definition) is 6. The van der Waals surface area contributed by atoms with Gasteiger partial charge in [0.05, 0.1) is 12.1 Å². The molecule has 2 heterocycles. The van der Waals surface area contributed by atoms with E-state index >= 15 is 4.39 Å². The molecule has 10 nitrogen and oxygen atoms in total. The lowest BCUT2D eigenvalue weighted by atomic mass is 10.1. The van der Waals surface area contributed by atoms with E-state index in [0.717, 1.165) is 4.57 Å². The zero-order chi connectivity index (χ0) is 33.7. The number of nitrogens with one attached hydrogen (secondary N) is 1. The Bertz CT molecular complexity index is 1670. The van der Waals surface area contributed by atoms with Crippen LogP contribution in [0.2, 0.25) is 0 Å². The van der Waals surface area contributed by atoms with E-state index in [4.69, 9.17) is 4.74 Å². The number of carbonyl (C=O) groups is 3. The van der Waals surface area contributed by atoms with Gasteiger partial charge in [-0.2, -0.15) is 13.2 Å². The number of allylic oxidation sites excluding steroid dienone is 1. The van der Waals surface area contributed by atoms with Crippen molar-refractivity contribution in [2.45, 2.75) is 71.2 Å². The van der Waals surface area contributed by atoms with Gasteiger partial charge in [0.25, 0.3) is 5.56 Å². The van der Waals surface area contributed by atoms with E-state index in [2.05, 4.69) is 10.3 Å².